The van der Waals surface area contributed by atoms with E-state index in [1.165, 1.54) is 0 Å². The van der Waals surface area contributed by atoms with E-state index in [0.717, 1.165) is 40.8 Å². The number of rotatable bonds is 3. The Morgan fingerprint density at radius 3 is 2.71 bits per heavy atom. The van der Waals surface area contributed by atoms with E-state index in [2.05, 4.69) is 4.98 Å². The number of phenolic OH excluding ortho intramolecular Hbond substituents is 1. The second-order valence-electron chi connectivity index (χ2n) is 6.77. The van der Waals surface area contributed by atoms with Gasteiger partial charge >= 0.3 is 0 Å². The standard InChI is InChI=1S/C19H24N2O3/c1-11-12(2)18-14(13(3)17(11)22)8-9-19(4,24-18)10-23-16-7-5-6-15(20)21-16/h5-7,22H,8-10H2,1-4H3,(H2,20,21). The molecule has 0 saturated carbocycles. The Balaban J connectivity index is 1.83. The molecular formula is C19H24N2O3. The van der Waals surface area contributed by atoms with Gasteiger partial charge in [0.1, 0.15) is 29.5 Å². The lowest BCUT2D eigenvalue weighted by Gasteiger charge is -2.37. The van der Waals surface area contributed by atoms with Gasteiger partial charge in [0.2, 0.25) is 5.88 Å². The Morgan fingerprint density at radius 1 is 1.25 bits per heavy atom. The summed E-state index contributed by atoms with van der Waals surface area (Å²) in [7, 11) is 0. The molecule has 0 bridgehead atoms. The van der Waals surface area contributed by atoms with Crippen molar-refractivity contribution in [2.45, 2.75) is 46.1 Å². The minimum absolute atomic E-state index is 0.374. The van der Waals surface area contributed by atoms with E-state index in [1.54, 1.807) is 12.1 Å². The maximum atomic E-state index is 10.3. The molecule has 128 valence electrons. The number of aromatic nitrogens is 1. The second kappa shape index (κ2) is 5.89. The SMILES string of the molecule is Cc1c(C)c2c(c(C)c1O)CCC(C)(COc1cccc(N)n1)O2. The summed E-state index contributed by atoms with van der Waals surface area (Å²) in [5, 5.41) is 10.3. The lowest BCUT2D eigenvalue weighted by atomic mass is 9.87. The summed E-state index contributed by atoms with van der Waals surface area (Å²) in [5.74, 6) is 2.19. The number of pyridine rings is 1. The van der Waals surface area contributed by atoms with Crippen molar-refractivity contribution in [2.24, 2.45) is 0 Å². The quantitative estimate of drug-likeness (QED) is 0.902. The van der Waals surface area contributed by atoms with Crippen LogP contribution in [0, 0.1) is 20.8 Å². The summed E-state index contributed by atoms with van der Waals surface area (Å²) < 4.78 is 12.1. The molecule has 1 atom stereocenters. The predicted octanol–water partition coefficient (Wildman–Crippen LogP) is 3.46. The van der Waals surface area contributed by atoms with Crippen LogP contribution in [0.3, 0.4) is 0 Å². The van der Waals surface area contributed by atoms with Crippen LogP contribution in [0.4, 0.5) is 5.82 Å². The summed E-state index contributed by atoms with van der Waals surface area (Å²) in [6.07, 6.45) is 1.66. The first kappa shape index (κ1) is 16.4. The van der Waals surface area contributed by atoms with Gasteiger partial charge in [0.15, 0.2) is 0 Å². The van der Waals surface area contributed by atoms with Crippen molar-refractivity contribution < 1.29 is 14.6 Å². The Kier molecular flexibility index (Phi) is 4.03. The van der Waals surface area contributed by atoms with Crippen LogP contribution in [0.15, 0.2) is 18.2 Å². The van der Waals surface area contributed by atoms with Crippen LogP contribution in [0.1, 0.15) is 35.6 Å². The van der Waals surface area contributed by atoms with E-state index in [9.17, 15) is 5.11 Å². The zero-order valence-electron chi connectivity index (χ0n) is 14.6. The highest BCUT2D eigenvalue weighted by atomic mass is 16.5. The van der Waals surface area contributed by atoms with Crippen LogP contribution in [-0.2, 0) is 6.42 Å². The third kappa shape index (κ3) is 2.86. The minimum Gasteiger partial charge on any atom is -0.507 e. The molecule has 0 spiro atoms. The number of fused-ring (bicyclic) bond motifs is 1. The van der Waals surface area contributed by atoms with E-state index in [1.807, 2.05) is 33.8 Å². The first-order valence-corrected chi connectivity index (χ1v) is 8.17. The Morgan fingerprint density at radius 2 is 2.00 bits per heavy atom. The number of nitrogen functional groups attached to an aromatic ring is 1. The zero-order chi connectivity index (χ0) is 17.5. The van der Waals surface area contributed by atoms with Gasteiger partial charge in [-0.25, -0.2) is 0 Å². The highest BCUT2D eigenvalue weighted by molar-refractivity contribution is 5.58. The first-order valence-electron chi connectivity index (χ1n) is 8.17. The number of nitrogens with two attached hydrogens (primary N) is 1. The molecule has 0 saturated heterocycles. The molecule has 24 heavy (non-hydrogen) atoms. The fourth-order valence-corrected chi connectivity index (χ4v) is 3.13. The molecule has 0 amide bonds. The average molecular weight is 328 g/mol. The maximum absolute atomic E-state index is 10.3. The van der Waals surface area contributed by atoms with E-state index >= 15 is 0 Å². The molecule has 3 N–H and O–H groups in total. The normalized spacial score (nSPS) is 19.5. The summed E-state index contributed by atoms with van der Waals surface area (Å²) in [4.78, 5) is 4.16. The lowest BCUT2D eigenvalue weighted by molar-refractivity contribution is 0.0152. The van der Waals surface area contributed by atoms with Gasteiger partial charge in [-0.3, -0.25) is 0 Å². The smallest absolute Gasteiger partial charge is 0.215 e. The number of benzene rings is 1. The highest BCUT2D eigenvalue weighted by Gasteiger charge is 2.35. The number of nitrogens with zero attached hydrogens (tertiary/aromatic N) is 1. The van der Waals surface area contributed by atoms with Gasteiger partial charge in [-0.15, -0.1) is 0 Å². The Hall–Kier alpha value is -2.43. The molecule has 1 aliphatic rings. The highest BCUT2D eigenvalue weighted by Crippen LogP contribution is 2.43. The number of phenols is 1. The second-order valence-corrected chi connectivity index (χ2v) is 6.77. The number of aromatic hydroxyl groups is 1. The van der Waals surface area contributed by atoms with E-state index < -0.39 is 5.60 Å². The van der Waals surface area contributed by atoms with Crippen molar-refractivity contribution in [3.05, 3.63) is 40.5 Å². The fourth-order valence-electron chi connectivity index (χ4n) is 3.13. The van der Waals surface area contributed by atoms with Crippen LogP contribution in [0.5, 0.6) is 17.4 Å². The third-order valence-corrected chi connectivity index (χ3v) is 4.86. The predicted molar refractivity (Wildman–Crippen MR) is 93.8 cm³/mol. The summed E-state index contributed by atoms with van der Waals surface area (Å²) >= 11 is 0. The van der Waals surface area contributed by atoms with Crippen molar-refractivity contribution in [2.75, 3.05) is 12.3 Å². The summed E-state index contributed by atoms with van der Waals surface area (Å²) in [5.41, 5.74) is 9.10. The molecular weight excluding hydrogens is 304 g/mol. The molecule has 3 rings (SSSR count). The van der Waals surface area contributed by atoms with Crippen LogP contribution in [0.25, 0.3) is 0 Å². The first-order chi connectivity index (χ1) is 11.3. The molecule has 2 aromatic rings. The van der Waals surface area contributed by atoms with Gasteiger partial charge in [0, 0.05) is 11.6 Å². The zero-order valence-corrected chi connectivity index (χ0v) is 14.6. The molecule has 0 radical (unpaired) electrons. The van der Waals surface area contributed by atoms with Crippen molar-refractivity contribution in [1.29, 1.82) is 0 Å². The van der Waals surface area contributed by atoms with Crippen molar-refractivity contribution in [3.8, 4) is 17.4 Å². The molecule has 2 heterocycles. The minimum atomic E-state index is -0.445. The van der Waals surface area contributed by atoms with Crippen LogP contribution < -0.4 is 15.2 Å². The Bertz CT molecular complexity index is 789. The number of hydrogen-bond donors (Lipinski definition) is 2. The van der Waals surface area contributed by atoms with Crippen molar-refractivity contribution in [1.82, 2.24) is 4.98 Å². The molecule has 5 heteroatoms. The van der Waals surface area contributed by atoms with Gasteiger partial charge in [-0.05, 0) is 63.3 Å². The number of anilines is 1. The topological polar surface area (TPSA) is 77.6 Å². The largest absolute Gasteiger partial charge is 0.507 e. The third-order valence-electron chi connectivity index (χ3n) is 4.86. The van der Waals surface area contributed by atoms with Gasteiger partial charge in [0.05, 0.1) is 0 Å². The Labute approximate surface area is 142 Å². The molecule has 0 aliphatic carbocycles. The van der Waals surface area contributed by atoms with Crippen molar-refractivity contribution >= 4 is 5.82 Å². The van der Waals surface area contributed by atoms with Crippen LogP contribution in [-0.4, -0.2) is 22.3 Å². The molecule has 5 nitrogen and oxygen atoms in total. The summed E-state index contributed by atoms with van der Waals surface area (Å²) in [6.45, 7) is 8.28. The van der Waals surface area contributed by atoms with E-state index in [4.69, 9.17) is 15.2 Å². The fraction of sp³-hybridized carbons (Fsp3) is 0.421. The van der Waals surface area contributed by atoms with Gasteiger partial charge < -0.3 is 20.3 Å². The van der Waals surface area contributed by atoms with Gasteiger partial charge in [-0.1, -0.05) is 6.07 Å². The average Bonchev–Trinajstić information content (AvgIpc) is 2.56. The van der Waals surface area contributed by atoms with E-state index in [0.29, 0.717) is 24.1 Å². The van der Waals surface area contributed by atoms with Gasteiger partial charge in [-0.2, -0.15) is 4.98 Å². The van der Waals surface area contributed by atoms with Crippen LogP contribution >= 0.6 is 0 Å². The monoisotopic (exact) mass is 328 g/mol. The van der Waals surface area contributed by atoms with Crippen molar-refractivity contribution in [3.63, 3.8) is 0 Å². The number of hydrogen-bond acceptors (Lipinski definition) is 5. The molecule has 1 unspecified atom stereocenters. The molecule has 0 fully saturated rings. The number of ether oxygens (including phenoxy) is 2. The summed E-state index contributed by atoms with van der Waals surface area (Å²) in [6, 6.07) is 5.33. The lowest BCUT2D eigenvalue weighted by Crippen LogP contribution is -2.42. The van der Waals surface area contributed by atoms with Gasteiger partial charge in [0.25, 0.3) is 0 Å². The maximum Gasteiger partial charge on any atom is 0.215 e. The van der Waals surface area contributed by atoms with E-state index in [-0.39, 0.29) is 0 Å². The molecule has 1 aromatic carbocycles. The van der Waals surface area contributed by atoms with Crippen LogP contribution in [0.2, 0.25) is 0 Å². The molecule has 1 aromatic heterocycles. The molecule has 1 aliphatic heterocycles.